The van der Waals surface area contributed by atoms with Gasteiger partial charge in [0.2, 0.25) is 0 Å². The summed E-state index contributed by atoms with van der Waals surface area (Å²) >= 11 is 0. The second kappa shape index (κ2) is 49.9. The average Bonchev–Trinajstić information content (AvgIpc) is 3.29. The molecule has 0 heterocycles. The first-order chi connectivity index (χ1) is 32.6. The van der Waals surface area contributed by atoms with Gasteiger partial charge >= 0.3 is 17.9 Å². The van der Waals surface area contributed by atoms with Crippen molar-refractivity contribution in [1.82, 2.24) is 0 Å². The van der Waals surface area contributed by atoms with E-state index in [1.807, 2.05) is 21.1 Å². The molecule has 0 bridgehead atoms. The maximum Gasteiger partial charge on any atom is 0.361 e. The summed E-state index contributed by atoms with van der Waals surface area (Å²) < 4.78 is 22.8. The summed E-state index contributed by atoms with van der Waals surface area (Å²) in [4.78, 5) is 37.3. The number of hydrogen-bond donors (Lipinski definition) is 1. The van der Waals surface area contributed by atoms with Gasteiger partial charge in [0.25, 0.3) is 6.29 Å². The van der Waals surface area contributed by atoms with Crippen molar-refractivity contribution in [3.8, 4) is 0 Å². The van der Waals surface area contributed by atoms with Crippen molar-refractivity contribution in [2.24, 2.45) is 0 Å². The number of carboxylic acids is 1. The molecule has 0 saturated carbocycles. The molecule has 0 aliphatic carbocycles. The van der Waals surface area contributed by atoms with Gasteiger partial charge in [0.15, 0.2) is 6.10 Å². The van der Waals surface area contributed by atoms with Crippen LogP contribution in [-0.2, 0) is 33.3 Å². The lowest BCUT2D eigenvalue weighted by Crippen LogP contribution is -2.40. The molecule has 0 rings (SSSR count). The number of unbranched alkanes of at least 4 members (excludes halogenated alkanes) is 31. The highest BCUT2D eigenvalue weighted by atomic mass is 16.7. The van der Waals surface area contributed by atoms with E-state index in [1.165, 1.54) is 161 Å². The van der Waals surface area contributed by atoms with Crippen LogP contribution in [0.2, 0.25) is 0 Å². The molecule has 67 heavy (non-hydrogen) atoms. The van der Waals surface area contributed by atoms with Gasteiger partial charge in [-0.05, 0) is 64.2 Å². The summed E-state index contributed by atoms with van der Waals surface area (Å²) in [5.41, 5.74) is 0. The van der Waals surface area contributed by atoms with Crippen molar-refractivity contribution in [1.29, 1.82) is 0 Å². The van der Waals surface area contributed by atoms with E-state index in [0.29, 0.717) is 23.9 Å². The molecule has 0 aromatic heterocycles. The first-order valence-corrected chi connectivity index (χ1v) is 28.2. The zero-order valence-corrected chi connectivity index (χ0v) is 44.6. The Balaban J connectivity index is 4.10. The Morgan fingerprint density at radius 2 is 0.836 bits per heavy atom. The topological polar surface area (TPSA) is 108 Å². The summed E-state index contributed by atoms with van der Waals surface area (Å²) in [5.74, 6) is -2.01. The minimum Gasteiger partial charge on any atom is -0.477 e. The van der Waals surface area contributed by atoms with Crippen molar-refractivity contribution in [2.45, 2.75) is 270 Å². The lowest BCUT2D eigenvalue weighted by molar-refractivity contribution is -0.870. The molecule has 0 radical (unpaired) electrons. The van der Waals surface area contributed by atoms with Crippen molar-refractivity contribution >= 4 is 17.9 Å². The zero-order chi connectivity index (χ0) is 49.2. The number of esters is 2. The second-order valence-electron chi connectivity index (χ2n) is 20.2. The maximum absolute atomic E-state index is 12.8. The Bertz CT molecular complexity index is 1190. The molecule has 9 heteroatoms. The highest BCUT2D eigenvalue weighted by Gasteiger charge is 2.25. The molecule has 0 aromatic carbocycles. The Labute approximate surface area is 413 Å². The second-order valence-corrected chi connectivity index (χ2v) is 20.2. The van der Waals surface area contributed by atoms with Crippen LogP contribution in [0.4, 0.5) is 0 Å². The van der Waals surface area contributed by atoms with E-state index in [1.54, 1.807) is 0 Å². The lowest BCUT2D eigenvalue weighted by atomic mass is 10.0. The van der Waals surface area contributed by atoms with Gasteiger partial charge in [0, 0.05) is 12.8 Å². The number of nitrogens with zero attached hydrogens (tertiary/aromatic N) is 1. The van der Waals surface area contributed by atoms with E-state index in [4.69, 9.17) is 18.9 Å². The number of likely N-dealkylation sites (N-methyl/N-ethyl adjacent to an activating group) is 1. The monoisotopic (exact) mass is 947 g/mol. The Hall–Kier alpha value is -2.49. The molecule has 0 spiro atoms. The van der Waals surface area contributed by atoms with E-state index in [2.05, 4.69) is 50.3 Å². The molecule has 0 aliphatic heterocycles. The van der Waals surface area contributed by atoms with Crippen LogP contribution >= 0.6 is 0 Å². The van der Waals surface area contributed by atoms with Crippen molar-refractivity contribution < 1.29 is 42.9 Å². The molecule has 0 saturated heterocycles. The fraction of sp³-hybridized carbons (Fsp3) is 0.845. The van der Waals surface area contributed by atoms with Crippen molar-refractivity contribution in [2.75, 3.05) is 47.5 Å². The van der Waals surface area contributed by atoms with Crippen LogP contribution in [0, 0.1) is 0 Å². The molecule has 2 atom stereocenters. The Morgan fingerprint density at radius 3 is 1.25 bits per heavy atom. The quantitative estimate of drug-likeness (QED) is 0.0211. The smallest absolute Gasteiger partial charge is 0.361 e. The van der Waals surface area contributed by atoms with Gasteiger partial charge in [0.05, 0.1) is 34.4 Å². The highest BCUT2D eigenvalue weighted by molar-refractivity contribution is 5.71. The third kappa shape index (κ3) is 51.2. The van der Waals surface area contributed by atoms with Crippen LogP contribution in [-0.4, -0.2) is 87.4 Å². The number of carbonyl (C=O) groups excluding carboxylic acids is 2. The largest absolute Gasteiger partial charge is 0.477 e. The molecule has 1 N–H and O–H groups in total. The molecule has 0 aromatic rings. The van der Waals surface area contributed by atoms with Crippen LogP contribution in [0.1, 0.15) is 258 Å². The van der Waals surface area contributed by atoms with Gasteiger partial charge in [-0.25, -0.2) is 4.79 Å². The Morgan fingerprint density at radius 1 is 0.448 bits per heavy atom. The van der Waals surface area contributed by atoms with Crippen LogP contribution in [0.15, 0.2) is 36.5 Å². The number of quaternary nitrogens is 1. The standard InChI is InChI=1S/C58H107NO8/c1-6-8-10-12-14-16-18-20-21-22-23-24-25-26-27-28-29-30-31-32-33-34-35-37-38-40-42-44-46-48-55(60)65-52-54(53-66-58(57(62)63)64-51-50-59(3,4)5)67-56(61)49-47-45-43-41-39-36-19-17-15-13-11-9-7-2/h11,13,17,19,22-23,54,58H,6-10,12,14-16,18,20-21,24-53H2,1-5H3/p+1/b13-11-,19-17-,23-22-. The molecule has 0 amide bonds. The minimum absolute atomic E-state index is 0.185. The number of hydrogen-bond acceptors (Lipinski definition) is 7. The van der Waals surface area contributed by atoms with E-state index in [-0.39, 0.29) is 32.2 Å². The first-order valence-electron chi connectivity index (χ1n) is 28.2. The summed E-state index contributed by atoms with van der Waals surface area (Å²) in [6.07, 6.45) is 56.7. The molecule has 0 aliphatic rings. The number of ether oxygens (including phenoxy) is 4. The van der Waals surface area contributed by atoms with Crippen molar-refractivity contribution in [3.05, 3.63) is 36.5 Å². The van der Waals surface area contributed by atoms with Gasteiger partial charge in [0.1, 0.15) is 13.2 Å². The van der Waals surface area contributed by atoms with Crippen LogP contribution in [0.3, 0.4) is 0 Å². The molecule has 2 unspecified atom stereocenters. The first kappa shape index (κ1) is 64.5. The number of carbonyl (C=O) groups is 3. The normalized spacial score (nSPS) is 13.0. The van der Waals surface area contributed by atoms with Gasteiger partial charge in [-0.2, -0.15) is 0 Å². The zero-order valence-electron chi connectivity index (χ0n) is 44.6. The Kier molecular flexibility index (Phi) is 48.1. The van der Waals surface area contributed by atoms with Gasteiger partial charge < -0.3 is 28.5 Å². The lowest BCUT2D eigenvalue weighted by Gasteiger charge is -2.25. The third-order valence-corrected chi connectivity index (χ3v) is 12.4. The number of aliphatic carboxylic acids is 1. The predicted octanol–water partition coefficient (Wildman–Crippen LogP) is 16.1. The molecular weight excluding hydrogens is 839 g/mol. The van der Waals surface area contributed by atoms with Gasteiger partial charge in [-0.3, -0.25) is 9.59 Å². The van der Waals surface area contributed by atoms with E-state index in [9.17, 15) is 19.5 Å². The molecule has 0 fully saturated rings. The van der Waals surface area contributed by atoms with Gasteiger partial charge in [-0.15, -0.1) is 0 Å². The summed E-state index contributed by atoms with van der Waals surface area (Å²) in [6, 6.07) is 0. The van der Waals surface area contributed by atoms with Crippen molar-refractivity contribution in [3.63, 3.8) is 0 Å². The van der Waals surface area contributed by atoms with E-state index >= 15 is 0 Å². The van der Waals surface area contributed by atoms with E-state index in [0.717, 1.165) is 64.2 Å². The minimum atomic E-state index is -1.51. The number of allylic oxidation sites excluding steroid dienone is 6. The fourth-order valence-electron chi connectivity index (χ4n) is 7.99. The molecule has 9 nitrogen and oxygen atoms in total. The fourth-order valence-corrected chi connectivity index (χ4v) is 7.99. The third-order valence-electron chi connectivity index (χ3n) is 12.4. The van der Waals surface area contributed by atoms with Gasteiger partial charge in [-0.1, -0.05) is 217 Å². The summed E-state index contributed by atoms with van der Waals surface area (Å²) in [5, 5.41) is 9.67. The summed E-state index contributed by atoms with van der Waals surface area (Å²) in [7, 11) is 5.96. The summed E-state index contributed by atoms with van der Waals surface area (Å²) in [6.45, 7) is 4.82. The SMILES string of the molecule is CCC/C=C\C/C=C\CCCCCCCC(=O)OC(COC(=O)CCCCCCCCCCCCCCCCCCC/C=C\CCCCCCCCCC)COC(OCC[N+](C)(C)C)C(=O)O. The molecular formula is C58H108NO8+. The van der Waals surface area contributed by atoms with E-state index < -0.39 is 24.3 Å². The van der Waals surface area contributed by atoms with Crippen LogP contribution in [0.5, 0.6) is 0 Å². The van der Waals surface area contributed by atoms with Crippen LogP contribution in [0.25, 0.3) is 0 Å². The number of carboxylic acid groups (broad SMARTS) is 1. The highest BCUT2D eigenvalue weighted by Crippen LogP contribution is 2.16. The molecule has 392 valence electrons. The maximum atomic E-state index is 12.8. The average molecular weight is 948 g/mol. The van der Waals surface area contributed by atoms with Crippen LogP contribution < -0.4 is 0 Å². The predicted molar refractivity (Wildman–Crippen MR) is 281 cm³/mol. The number of rotatable bonds is 52.